The van der Waals surface area contributed by atoms with Gasteiger partial charge in [-0.15, -0.1) is 0 Å². The van der Waals surface area contributed by atoms with Gasteiger partial charge < -0.3 is 9.84 Å². The number of benzene rings is 1. The largest absolute Gasteiger partial charge is 0.471 e. The summed E-state index contributed by atoms with van der Waals surface area (Å²) < 4.78 is 41.5. The minimum Gasteiger partial charge on any atom is -0.353 e. The van der Waals surface area contributed by atoms with E-state index in [-0.39, 0.29) is 23.7 Å². The van der Waals surface area contributed by atoms with E-state index in [0.29, 0.717) is 5.56 Å². The number of halogens is 3. The molecule has 1 aromatic carbocycles. The van der Waals surface area contributed by atoms with Gasteiger partial charge in [0.05, 0.1) is 5.92 Å². The fourth-order valence-electron chi connectivity index (χ4n) is 2.08. The lowest BCUT2D eigenvalue weighted by atomic mass is 9.99. The molecule has 0 saturated heterocycles. The normalized spacial score (nSPS) is 16.2. The Balaban J connectivity index is 1.73. The SMILES string of the molecule is CC(C(=O)NC1CC1)c1ccc(-c2noc(C(F)(F)F)n2)cc1. The maximum atomic E-state index is 12.4. The first-order valence-corrected chi connectivity index (χ1v) is 7.16. The molecule has 122 valence electrons. The van der Waals surface area contributed by atoms with Gasteiger partial charge in [0.1, 0.15) is 0 Å². The molecule has 2 aromatic rings. The van der Waals surface area contributed by atoms with Gasteiger partial charge in [-0.3, -0.25) is 4.79 Å². The van der Waals surface area contributed by atoms with Gasteiger partial charge in [0.2, 0.25) is 11.7 Å². The average Bonchev–Trinajstić information content (AvgIpc) is 3.17. The average molecular weight is 325 g/mol. The summed E-state index contributed by atoms with van der Waals surface area (Å²) in [5, 5.41) is 6.24. The van der Waals surface area contributed by atoms with E-state index >= 15 is 0 Å². The Bertz CT molecular complexity index is 706. The second kappa shape index (κ2) is 5.68. The lowest BCUT2D eigenvalue weighted by Crippen LogP contribution is -2.29. The highest BCUT2D eigenvalue weighted by atomic mass is 19.4. The number of nitrogens with one attached hydrogen (secondary N) is 1. The zero-order chi connectivity index (χ0) is 16.6. The van der Waals surface area contributed by atoms with Gasteiger partial charge in [-0.2, -0.15) is 18.2 Å². The van der Waals surface area contributed by atoms with Crippen molar-refractivity contribution in [2.75, 3.05) is 0 Å². The molecular weight excluding hydrogens is 311 g/mol. The predicted molar refractivity (Wildman–Crippen MR) is 74.3 cm³/mol. The molecule has 1 heterocycles. The third kappa shape index (κ3) is 3.52. The van der Waals surface area contributed by atoms with Crippen molar-refractivity contribution in [3.05, 3.63) is 35.7 Å². The Kier molecular flexibility index (Phi) is 3.83. The molecule has 1 aliphatic rings. The van der Waals surface area contributed by atoms with E-state index in [2.05, 4.69) is 20.0 Å². The molecule has 1 fully saturated rings. The van der Waals surface area contributed by atoms with E-state index in [1.807, 2.05) is 0 Å². The number of rotatable bonds is 4. The molecule has 0 spiro atoms. The zero-order valence-electron chi connectivity index (χ0n) is 12.2. The fourth-order valence-corrected chi connectivity index (χ4v) is 2.08. The summed E-state index contributed by atoms with van der Waals surface area (Å²) in [4.78, 5) is 15.3. The van der Waals surface area contributed by atoms with Gasteiger partial charge in [0, 0.05) is 11.6 Å². The first-order valence-electron chi connectivity index (χ1n) is 7.16. The molecule has 1 N–H and O–H groups in total. The lowest BCUT2D eigenvalue weighted by Gasteiger charge is -2.12. The molecule has 1 atom stereocenters. The highest BCUT2D eigenvalue weighted by molar-refractivity contribution is 5.83. The van der Waals surface area contributed by atoms with Gasteiger partial charge in [-0.05, 0) is 25.3 Å². The minimum absolute atomic E-state index is 0.0563. The lowest BCUT2D eigenvalue weighted by molar-refractivity contribution is -0.159. The third-order valence-corrected chi connectivity index (χ3v) is 3.65. The van der Waals surface area contributed by atoms with Crippen LogP contribution in [0, 0.1) is 0 Å². The van der Waals surface area contributed by atoms with E-state index in [0.717, 1.165) is 18.4 Å². The fraction of sp³-hybridized carbons (Fsp3) is 0.400. The van der Waals surface area contributed by atoms with E-state index < -0.39 is 12.1 Å². The molecule has 1 amide bonds. The van der Waals surface area contributed by atoms with E-state index in [9.17, 15) is 18.0 Å². The molecule has 0 bridgehead atoms. The van der Waals surface area contributed by atoms with Crippen LogP contribution in [-0.2, 0) is 11.0 Å². The van der Waals surface area contributed by atoms with E-state index in [4.69, 9.17) is 0 Å². The first-order chi connectivity index (χ1) is 10.8. The molecule has 1 unspecified atom stereocenters. The molecule has 23 heavy (non-hydrogen) atoms. The van der Waals surface area contributed by atoms with Crippen LogP contribution in [0.2, 0.25) is 0 Å². The van der Waals surface area contributed by atoms with Gasteiger partial charge in [0.25, 0.3) is 0 Å². The van der Waals surface area contributed by atoms with Gasteiger partial charge in [-0.1, -0.05) is 29.4 Å². The topological polar surface area (TPSA) is 68.0 Å². The van der Waals surface area contributed by atoms with Crippen molar-refractivity contribution in [2.45, 2.75) is 37.9 Å². The van der Waals surface area contributed by atoms with Crippen LogP contribution in [0.5, 0.6) is 0 Å². The molecule has 0 radical (unpaired) electrons. The van der Waals surface area contributed by atoms with Gasteiger partial charge in [0.15, 0.2) is 0 Å². The summed E-state index contributed by atoms with van der Waals surface area (Å²) in [5.74, 6) is -1.91. The van der Waals surface area contributed by atoms with Crippen molar-refractivity contribution in [3.63, 3.8) is 0 Å². The van der Waals surface area contributed by atoms with Crippen LogP contribution in [0.3, 0.4) is 0 Å². The zero-order valence-corrected chi connectivity index (χ0v) is 12.2. The molecule has 1 saturated carbocycles. The Morgan fingerprint density at radius 2 is 1.96 bits per heavy atom. The standard InChI is InChI=1S/C15H14F3N3O2/c1-8(13(22)19-11-6-7-11)9-2-4-10(5-3-9)12-20-14(23-21-12)15(16,17)18/h2-5,8,11H,6-7H2,1H3,(H,19,22). The Hall–Kier alpha value is -2.38. The predicted octanol–water partition coefficient (Wildman–Crippen LogP) is 3.14. The van der Waals surface area contributed by atoms with Crippen molar-refractivity contribution in [2.24, 2.45) is 0 Å². The van der Waals surface area contributed by atoms with Crippen molar-refractivity contribution in [1.82, 2.24) is 15.5 Å². The van der Waals surface area contributed by atoms with Crippen LogP contribution in [0.1, 0.15) is 37.1 Å². The summed E-state index contributed by atoms with van der Waals surface area (Å²) in [7, 11) is 0. The minimum atomic E-state index is -4.67. The highest BCUT2D eigenvalue weighted by Crippen LogP contribution is 2.30. The molecule has 1 aliphatic carbocycles. The third-order valence-electron chi connectivity index (χ3n) is 3.65. The Morgan fingerprint density at radius 3 is 2.48 bits per heavy atom. The number of carbonyl (C=O) groups excluding carboxylic acids is 1. The van der Waals surface area contributed by atoms with E-state index in [1.54, 1.807) is 31.2 Å². The summed E-state index contributed by atoms with van der Waals surface area (Å²) in [6, 6.07) is 6.78. The van der Waals surface area contributed by atoms with Crippen molar-refractivity contribution >= 4 is 5.91 Å². The number of aromatic nitrogens is 2. The summed E-state index contributed by atoms with van der Waals surface area (Å²) in [6.07, 6.45) is -2.64. The highest BCUT2D eigenvalue weighted by Gasteiger charge is 2.38. The maximum absolute atomic E-state index is 12.4. The first kappa shape index (κ1) is 15.5. The van der Waals surface area contributed by atoms with Crippen molar-refractivity contribution in [1.29, 1.82) is 0 Å². The van der Waals surface area contributed by atoms with Crippen LogP contribution >= 0.6 is 0 Å². The van der Waals surface area contributed by atoms with Crippen LogP contribution in [0.15, 0.2) is 28.8 Å². The molecular formula is C15H14F3N3O2. The molecule has 1 aromatic heterocycles. The second-order valence-electron chi connectivity index (χ2n) is 5.55. The quantitative estimate of drug-likeness (QED) is 0.938. The monoisotopic (exact) mass is 325 g/mol. The summed E-state index contributed by atoms with van der Waals surface area (Å²) in [6.45, 7) is 1.78. The summed E-state index contributed by atoms with van der Waals surface area (Å²) >= 11 is 0. The van der Waals surface area contributed by atoms with Crippen LogP contribution in [0.4, 0.5) is 13.2 Å². The van der Waals surface area contributed by atoms with E-state index in [1.165, 1.54) is 0 Å². The number of amides is 1. The molecule has 8 heteroatoms. The maximum Gasteiger partial charge on any atom is 0.471 e. The van der Waals surface area contributed by atoms with Crippen molar-refractivity contribution in [3.8, 4) is 11.4 Å². The van der Waals surface area contributed by atoms with Gasteiger partial charge in [-0.25, -0.2) is 0 Å². The Morgan fingerprint density at radius 1 is 1.30 bits per heavy atom. The number of nitrogens with zero attached hydrogens (tertiary/aromatic N) is 2. The molecule has 5 nitrogen and oxygen atoms in total. The van der Waals surface area contributed by atoms with Crippen LogP contribution < -0.4 is 5.32 Å². The number of hydrogen-bond donors (Lipinski definition) is 1. The molecule has 0 aliphatic heterocycles. The molecule has 3 rings (SSSR count). The van der Waals surface area contributed by atoms with Crippen LogP contribution in [-0.4, -0.2) is 22.1 Å². The smallest absolute Gasteiger partial charge is 0.353 e. The van der Waals surface area contributed by atoms with Crippen molar-refractivity contribution < 1.29 is 22.5 Å². The number of carbonyl (C=O) groups is 1. The number of alkyl halides is 3. The van der Waals surface area contributed by atoms with Crippen LogP contribution in [0.25, 0.3) is 11.4 Å². The second-order valence-corrected chi connectivity index (χ2v) is 5.55. The van der Waals surface area contributed by atoms with Gasteiger partial charge >= 0.3 is 12.1 Å². The Labute approximate surface area is 129 Å². The number of hydrogen-bond acceptors (Lipinski definition) is 4. The summed E-state index contributed by atoms with van der Waals surface area (Å²) in [5.41, 5.74) is 1.16.